The average Bonchev–Trinajstić information content (AvgIpc) is 3.21. The third-order valence-electron chi connectivity index (χ3n) is 13.4. The molecule has 0 saturated heterocycles. The van der Waals surface area contributed by atoms with Gasteiger partial charge in [-0.05, 0) is 118 Å². The molecule has 4 aromatic carbocycles. The van der Waals surface area contributed by atoms with Gasteiger partial charge >= 0.3 is 0 Å². The lowest BCUT2D eigenvalue weighted by Gasteiger charge is -2.33. The van der Waals surface area contributed by atoms with Crippen molar-refractivity contribution in [3.8, 4) is 0 Å². The van der Waals surface area contributed by atoms with Crippen LogP contribution in [0.3, 0.4) is 0 Å². The molecule has 0 atom stereocenters. The van der Waals surface area contributed by atoms with Crippen LogP contribution in [-0.4, -0.2) is 0 Å². The highest BCUT2D eigenvalue weighted by molar-refractivity contribution is 5.82. The Labute approximate surface area is 363 Å². The normalized spacial score (nSPS) is 12.5. The summed E-state index contributed by atoms with van der Waals surface area (Å²) in [4.78, 5) is 0. The predicted molar refractivity (Wildman–Crippen MR) is 263 cm³/mol. The van der Waals surface area contributed by atoms with Crippen LogP contribution >= 0.6 is 0 Å². The summed E-state index contributed by atoms with van der Waals surface area (Å²) in [5.41, 5.74) is 15.5. The topological polar surface area (TPSA) is 27.3 Å². The van der Waals surface area contributed by atoms with Gasteiger partial charge in [-0.1, -0.05) is 203 Å². The number of unbranched alkanes of at least 4 members (excludes halogenated alkanes) is 8. The molecule has 0 fully saturated rings. The number of benzene rings is 4. The van der Waals surface area contributed by atoms with Crippen molar-refractivity contribution >= 4 is 28.4 Å². The molecule has 59 heavy (non-hydrogen) atoms. The van der Waals surface area contributed by atoms with Crippen LogP contribution in [0.4, 0.5) is 28.4 Å². The van der Waals surface area contributed by atoms with E-state index in [4.69, 9.17) is 0 Å². The second-order valence-corrected chi connectivity index (χ2v) is 20.4. The maximum Gasteiger partial charge on any atom is 0.0865 e. The Balaban J connectivity index is 1.80. The molecule has 0 radical (unpaired) electrons. The van der Waals surface area contributed by atoms with E-state index in [1.807, 2.05) is 0 Å². The largest absolute Gasteiger partial charge is 0.354 e. The van der Waals surface area contributed by atoms with Gasteiger partial charge in [-0.15, -0.1) is 0 Å². The number of hydrazine groups is 1. The van der Waals surface area contributed by atoms with Gasteiger partial charge in [-0.3, -0.25) is 10.4 Å². The molecular formula is C56H85N3. The second kappa shape index (κ2) is 22.2. The van der Waals surface area contributed by atoms with Gasteiger partial charge in [0.15, 0.2) is 0 Å². The SMILES string of the molecule is CCCCCC(C)(C)c1ccc(Nc2cc(C(C)(C)CCCCC)ccc2N(Nc2ccc(C(C)(C)CCCCC)cc2)c2ccc(C(C)(C)CCCCC)cc2)cc1. The van der Waals surface area contributed by atoms with Gasteiger partial charge in [0.1, 0.15) is 0 Å². The zero-order valence-corrected chi connectivity index (χ0v) is 39.9. The summed E-state index contributed by atoms with van der Waals surface area (Å²) in [7, 11) is 0. The van der Waals surface area contributed by atoms with Crippen molar-refractivity contribution in [3.05, 3.63) is 113 Å². The standard InChI is InChI=1S/C56H85N3/c1-13-17-21-39-53(5,6)44-25-32-48(33-26-44)57-51-43-47(56(11,12)42-24-20-16-4)31-38-52(51)59(50-36-29-46(30-37-50)55(9,10)41-23-19-15-3)58-49-34-27-45(28-35-49)54(7,8)40-22-18-14-2/h25-38,43,57-58H,13-24,39-42H2,1-12H3. The number of hydrogen-bond donors (Lipinski definition) is 2. The molecule has 4 aromatic rings. The van der Waals surface area contributed by atoms with E-state index in [9.17, 15) is 0 Å². The maximum absolute atomic E-state index is 3.96. The third kappa shape index (κ3) is 13.9. The minimum Gasteiger partial charge on any atom is -0.354 e. The van der Waals surface area contributed by atoms with E-state index >= 15 is 0 Å². The van der Waals surface area contributed by atoms with E-state index < -0.39 is 0 Å². The van der Waals surface area contributed by atoms with Gasteiger partial charge in [0.05, 0.1) is 22.7 Å². The maximum atomic E-state index is 3.96. The van der Waals surface area contributed by atoms with Crippen LogP contribution in [0, 0.1) is 0 Å². The summed E-state index contributed by atoms with van der Waals surface area (Å²) in [6.07, 6.45) is 19.9. The van der Waals surface area contributed by atoms with Crippen LogP contribution in [-0.2, 0) is 21.7 Å². The van der Waals surface area contributed by atoms with Crippen molar-refractivity contribution in [2.75, 3.05) is 15.8 Å². The lowest BCUT2D eigenvalue weighted by atomic mass is 9.79. The van der Waals surface area contributed by atoms with Gasteiger partial charge < -0.3 is 5.32 Å². The highest BCUT2D eigenvalue weighted by Gasteiger charge is 2.26. The molecule has 0 aliphatic carbocycles. The number of nitrogens with zero attached hydrogens (tertiary/aromatic N) is 1. The van der Waals surface area contributed by atoms with Crippen molar-refractivity contribution in [2.24, 2.45) is 0 Å². The molecule has 0 spiro atoms. The van der Waals surface area contributed by atoms with E-state index in [-0.39, 0.29) is 21.7 Å². The van der Waals surface area contributed by atoms with Crippen LogP contribution in [0.1, 0.15) is 208 Å². The molecule has 3 nitrogen and oxygen atoms in total. The zero-order valence-electron chi connectivity index (χ0n) is 39.9. The van der Waals surface area contributed by atoms with E-state index in [0.29, 0.717) is 0 Å². The first-order valence-corrected chi connectivity index (χ1v) is 23.9. The molecule has 0 aliphatic heterocycles. The molecule has 0 amide bonds. The fourth-order valence-corrected chi connectivity index (χ4v) is 8.71. The highest BCUT2D eigenvalue weighted by Crippen LogP contribution is 2.41. The quantitative estimate of drug-likeness (QED) is 0.0489. The molecule has 0 aliphatic rings. The van der Waals surface area contributed by atoms with E-state index in [1.54, 1.807) is 0 Å². The van der Waals surface area contributed by atoms with Crippen LogP contribution in [0.2, 0.25) is 0 Å². The fourth-order valence-electron chi connectivity index (χ4n) is 8.71. The third-order valence-corrected chi connectivity index (χ3v) is 13.4. The van der Waals surface area contributed by atoms with Gasteiger partial charge in [0.2, 0.25) is 0 Å². The Morgan fingerprint density at radius 1 is 0.390 bits per heavy atom. The van der Waals surface area contributed by atoms with Gasteiger partial charge in [-0.25, -0.2) is 0 Å². The number of hydrogen-bond acceptors (Lipinski definition) is 3. The molecule has 324 valence electrons. The Kier molecular flexibility index (Phi) is 18.1. The lowest BCUT2D eigenvalue weighted by Crippen LogP contribution is -2.26. The number of anilines is 5. The first-order chi connectivity index (χ1) is 28.1. The summed E-state index contributed by atoms with van der Waals surface area (Å²) < 4.78 is 0. The molecule has 3 heteroatoms. The Morgan fingerprint density at radius 2 is 0.729 bits per heavy atom. The van der Waals surface area contributed by atoms with Crippen molar-refractivity contribution in [3.63, 3.8) is 0 Å². The van der Waals surface area contributed by atoms with Crippen molar-refractivity contribution in [1.82, 2.24) is 0 Å². The van der Waals surface area contributed by atoms with E-state index in [0.717, 1.165) is 28.4 Å². The Bertz CT molecular complexity index is 1790. The molecule has 0 aromatic heterocycles. The molecular weight excluding hydrogens is 715 g/mol. The van der Waals surface area contributed by atoms with Crippen LogP contribution in [0.5, 0.6) is 0 Å². The average molecular weight is 800 g/mol. The predicted octanol–water partition coefficient (Wildman–Crippen LogP) is 18.0. The lowest BCUT2D eigenvalue weighted by molar-refractivity contribution is 0.450. The minimum absolute atomic E-state index is 0.0551. The molecule has 0 bridgehead atoms. The summed E-state index contributed by atoms with van der Waals surface area (Å²) in [6.45, 7) is 28.4. The first kappa shape index (κ1) is 48.0. The summed E-state index contributed by atoms with van der Waals surface area (Å²) in [6, 6.07) is 34.9. The van der Waals surface area contributed by atoms with Crippen LogP contribution in [0.15, 0.2) is 91.0 Å². The summed E-state index contributed by atoms with van der Waals surface area (Å²) >= 11 is 0. The fraction of sp³-hybridized carbons (Fsp3) is 0.571. The smallest absolute Gasteiger partial charge is 0.0865 e. The van der Waals surface area contributed by atoms with E-state index in [1.165, 1.54) is 125 Å². The molecule has 4 rings (SSSR count). The first-order valence-electron chi connectivity index (χ1n) is 23.9. The molecule has 0 unspecified atom stereocenters. The minimum atomic E-state index is 0.0551. The van der Waals surface area contributed by atoms with E-state index in [2.05, 4.69) is 190 Å². The van der Waals surface area contributed by atoms with Gasteiger partial charge in [0.25, 0.3) is 0 Å². The van der Waals surface area contributed by atoms with Gasteiger partial charge in [-0.2, -0.15) is 0 Å². The Morgan fingerprint density at radius 3 is 1.12 bits per heavy atom. The van der Waals surface area contributed by atoms with Crippen LogP contribution < -0.4 is 15.8 Å². The molecule has 0 saturated carbocycles. The zero-order chi connectivity index (χ0) is 43.1. The Hall–Kier alpha value is -3.72. The highest BCUT2D eigenvalue weighted by atomic mass is 15.5. The molecule has 2 N–H and O–H groups in total. The molecule has 0 heterocycles. The van der Waals surface area contributed by atoms with Crippen LogP contribution in [0.25, 0.3) is 0 Å². The number of rotatable bonds is 26. The van der Waals surface area contributed by atoms with Crippen molar-refractivity contribution < 1.29 is 0 Å². The summed E-state index contributed by atoms with van der Waals surface area (Å²) in [5, 5.41) is 6.26. The van der Waals surface area contributed by atoms with Gasteiger partial charge in [0, 0.05) is 5.69 Å². The monoisotopic (exact) mass is 800 g/mol. The number of nitrogens with one attached hydrogen (secondary N) is 2. The summed E-state index contributed by atoms with van der Waals surface area (Å²) in [5.74, 6) is 0. The van der Waals surface area contributed by atoms with Crippen molar-refractivity contribution in [1.29, 1.82) is 0 Å². The van der Waals surface area contributed by atoms with Crippen molar-refractivity contribution in [2.45, 2.75) is 207 Å². The second-order valence-electron chi connectivity index (χ2n) is 20.4.